The summed E-state index contributed by atoms with van der Waals surface area (Å²) in [7, 11) is 0. The molecule has 0 fully saturated rings. The molecular formula is C24H35N5O5. The van der Waals surface area contributed by atoms with Crippen LogP contribution >= 0.6 is 0 Å². The van der Waals surface area contributed by atoms with Crippen molar-refractivity contribution in [3.05, 3.63) is 35.9 Å². The quantitative estimate of drug-likeness (QED) is 0.467. The van der Waals surface area contributed by atoms with Crippen molar-refractivity contribution in [1.29, 1.82) is 5.26 Å². The highest BCUT2D eigenvalue weighted by Crippen LogP contribution is 2.24. The van der Waals surface area contributed by atoms with Crippen LogP contribution < -0.4 is 16.4 Å². The number of hydrogen-bond donors (Lipinski definition) is 3. The SMILES string of the molecule is CC(C)(C)NC(=O)C(c1ccccc1)N(CC#N)C(=O)C(CCC(N)=O)NC(=O)OC(C)(C)C. The molecule has 0 heterocycles. The molecule has 0 bridgehead atoms. The molecule has 0 aliphatic rings. The van der Waals surface area contributed by atoms with Gasteiger partial charge in [-0.2, -0.15) is 5.26 Å². The van der Waals surface area contributed by atoms with Crippen LogP contribution in [0, 0.1) is 11.3 Å². The molecule has 10 heteroatoms. The Labute approximate surface area is 200 Å². The summed E-state index contributed by atoms with van der Waals surface area (Å²) in [5, 5.41) is 14.8. The van der Waals surface area contributed by atoms with Crippen LogP contribution in [0.15, 0.2) is 30.3 Å². The van der Waals surface area contributed by atoms with Gasteiger partial charge in [0, 0.05) is 12.0 Å². The van der Waals surface area contributed by atoms with Crippen molar-refractivity contribution in [3.63, 3.8) is 0 Å². The third-order valence-electron chi connectivity index (χ3n) is 4.37. The van der Waals surface area contributed by atoms with Gasteiger partial charge >= 0.3 is 6.09 Å². The lowest BCUT2D eigenvalue weighted by Gasteiger charge is -2.34. The van der Waals surface area contributed by atoms with Gasteiger partial charge < -0.3 is 26.0 Å². The number of benzene rings is 1. The van der Waals surface area contributed by atoms with Crippen molar-refractivity contribution >= 4 is 23.8 Å². The summed E-state index contributed by atoms with van der Waals surface area (Å²) >= 11 is 0. The Morgan fingerprint density at radius 3 is 2.15 bits per heavy atom. The maximum atomic E-state index is 13.6. The highest BCUT2D eigenvalue weighted by Gasteiger charge is 2.37. The molecule has 10 nitrogen and oxygen atoms in total. The molecule has 0 spiro atoms. The Morgan fingerprint density at radius 1 is 1.09 bits per heavy atom. The van der Waals surface area contributed by atoms with Crippen molar-refractivity contribution in [2.45, 2.75) is 77.6 Å². The van der Waals surface area contributed by atoms with E-state index < -0.39 is 53.6 Å². The lowest BCUT2D eigenvalue weighted by atomic mass is 10.00. The summed E-state index contributed by atoms with van der Waals surface area (Å²) in [5.74, 6) is -1.87. The van der Waals surface area contributed by atoms with E-state index >= 15 is 0 Å². The highest BCUT2D eigenvalue weighted by atomic mass is 16.6. The van der Waals surface area contributed by atoms with Gasteiger partial charge in [0.2, 0.25) is 17.7 Å². The van der Waals surface area contributed by atoms with Gasteiger partial charge in [-0.25, -0.2) is 4.79 Å². The number of carbonyl (C=O) groups is 4. The fourth-order valence-corrected chi connectivity index (χ4v) is 3.11. The monoisotopic (exact) mass is 473 g/mol. The number of nitrogens with two attached hydrogens (primary N) is 1. The Hall–Kier alpha value is -3.61. The van der Waals surface area contributed by atoms with Gasteiger partial charge in [0.1, 0.15) is 24.2 Å². The van der Waals surface area contributed by atoms with E-state index in [4.69, 9.17) is 10.5 Å². The summed E-state index contributed by atoms with van der Waals surface area (Å²) < 4.78 is 5.24. The normalized spacial score (nSPS) is 13.1. The van der Waals surface area contributed by atoms with Crippen LogP contribution in [0.4, 0.5) is 4.79 Å². The van der Waals surface area contributed by atoms with Crippen LogP contribution in [0.25, 0.3) is 0 Å². The van der Waals surface area contributed by atoms with Gasteiger partial charge in [-0.15, -0.1) is 0 Å². The molecular weight excluding hydrogens is 438 g/mol. The lowest BCUT2D eigenvalue weighted by molar-refractivity contribution is -0.142. The highest BCUT2D eigenvalue weighted by molar-refractivity contribution is 5.92. The fourth-order valence-electron chi connectivity index (χ4n) is 3.11. The van der Waals surface area contributed by atoms with E-state index in [2.05, 4.69) is 10.6 Å². The molecule has 0 saturated heterocycles. The molecule has 2 unspecified atom stereocenters. The van der Waals surface area contributed by atoms with Crippen LogP contribution in [0.3, 0.4) is 0 Å². The van der Waals surface area contributed by atoms with Crippen molar-refractivity contribution in [2.75, 3.05) is 6.54 Å². The maximum absolute atomic E-state index is 13.6. The molecule has 4 N–H and O–H groups in total. The largest absolute Gasteiger partial charge is 0.444 e. The van der Waals surface area contributed by atoms with Crippen molar-refractivity contribution < 1.29 is 23.9 Å². The number of hydrogen-bond acceptors (Lipinski definition) is 6. The van der Waals surface area contributed by atoms with Crippen molar-refractivity contribution in [2.24, 2.45) is 5.73 Å². The first-order valence-electron chi connectivity index (χ1n) is 11.0. The topological polar surface area (TPSA) is 155 Å². The zero-order chi connectivity index (χ0) is 26.1. The molecule has 0 aliphatic carbocycles. The molecule has 0 radical (unpaired) electrons. The molecule has 1 rings (SSSR count). The van der Waals surface area contributed by atoms with Crippen LogP contribution in [0.1, 0.15) is 66.0 Å². The number of nitrogens with zero attached hydrogens (tertiary/aromatic N) is 2. The number of ether oxygens (including phenoxy) is 1. The van der Waals surface area contributed by atoms with Gasteiger partial charge in [-0.05, 0) is 53.5 Å². The standard InChI is InChI=1S/C24H35N5O5/c1-23(2,3)28-20(31)19(16-10-8-7-9-11-16)29(15-14-25)21(32)17(12-13-18(26)30)27-22(33)34-24(4,5)6/h7-11,17,19H,12-13,15H2,1-6H3,(H2,26,30)(H,27,33)(H,28,31). The first-order chi connectivity index (χ1) is 15.6. The van der Waals surface area contributed by atoms with Gasteiger partial charge in [0.25, 0.3) is 0 Å². The van der Waals surface area contributed by atoms with E-state index in [1.165, 1.54) is 0 Å². The van der Waals surface area contributed by atoms with Gasteiger partial charge in [-0.3, -0.25) is 14.4 Å². The summed E-state index contributed by atoms with van der Waals surface area (Å²) in [5.41, 5.74) is 4.31. The van der Waals surface area contributed by atoms with Gasteiger partial charge in [0.05, 0.1) is 6.07 Å². The summed E-state index contributed by atoms with van der Waals surface area (Å²) in [6, 6.07) is 8.05. The average molecular weight is 474 g/mol. The Balaban J connectivity index is 3.41. The molecule has 4 amide bonds. The van der Waals surface area contributed by atoms with Crippen LogP contribution in [-0.4, -0.2) is 52.4 Å². The third kappa shape index (κ3) is 9.90. The Bertz CT molecular complexity index is 912. The van der Waals surface area contributed by atoms with E-state index in [0.29, 0.717) is 5.56 Å². The summed E-state index contributed by atoms with van der Waals surface area (Å²) in [6.07, 6.45) is -1.20. The average Bonchev–Trinajstić information content (AvgIpc) is 2.68. The number of nitriles is 1. The second-order valence-corrected chi connectivity index (χ2v) is 9.88. The number of alkyl carbamates (subject to hydrolysis) is 1. The molecule has 2 atom stereocenters. The van der Waals surface area contributed by atoms with E-state index in [1.807, 2.05) is 6.07 Å². The number of amides is 4. The van der Waals surface area contributed by atoms with E-state index in [9.17, 15) is 24.4 Å². The van der Waals surface area contributed by atoms with E-state index in [0.717, 1.165) is 4.90 Å². The minimum Gasteiger partial charge on any atom is -0.444 e. The molecule has 1 aromatic carbocycles. The van der Waals surface area contributed by atoms with Crippen LogP contribution in [-0.2, 0) is 19.1 Å². The smallest absolute Gasteiger partial charge is 0.408 e. The summed E-state index contributed by atoms with van der Waals surface area (Å²) in [4.78, 5) is 51.8. The Kier molecular flexibility index (Phi) is 10.0. The zero-order valence-corrected chi connectivity index (χ0v) is 20.7. The second kappa shape index (κ2) is 12.0. The fraction of sp³-hybridized carbons (Fsp3) is 0.542. The number of carbonyl (C=O) groups excluding carboxylic acids is 4. The van der Waals surface area contributed by atoms with Gasteiger partial charge in [0.15, 0.2) is 0 Å². The molecule has 1 aromatic rings. The first-order valence-corrected chi connectivity index (χ1v) is 11.0. The van der Waals surface area contributed by atoms with Gasteiger partial charge in [-0.1, -0.05) is 30.3 Å². The molecule has 34 heavy (non-hydrogen) atoms. The minimum atomic E-state index is -1.25. The molecule has 0 saturated carbocycles. The predicted octanol–water partition coefficient (Wildman–Crippen LogP) is 2.15. The third-order valence-corrected chi connectivity index (χ3v) is 4.37. The van der Waals surface area contributed by atoms with Crippen LogP contribution in [0.2, 0.25) is 0 Å². The van der Waals surface area contributed by atoms with E-state index in [1.54, 1.807) is 71.9 Å². The number of nitrogens with one attached hydrogen (secondary N) is 2. The van der Waals surface area contributed by atoms with Crippen LogP contribution in [0.5, 0.6) is 0 Å². The molecule has 186 valence electrons. The number of rotatable bonds is 9. The van der Waals surface area contributed by atoms with E-state index in [-0.39, 0.29) is 12.8 Å². The first kappa shape index (κ1) is 28.4. The lowest BCUT2D eigenvalue weighted by Crippen LogP contribution is -2.54. The second-order valence-electron chi connectivity index (χ2n) is 9.88. The van der Waals surface area contributed by atoms with Crippen molar-refractivity contribution in [3.8, 4) is 6.07 Å². The predicted molar refractivity (Wildman–Crippen MR) is 126 cm³/mol. The summed E-state index contributed by atoms with van der Waals surface area (Å²) in [6.45, 7) is 9.94. The molecule has 0 aromatic heterocycles. The zero-order valence-electron chi connectivity index (χ0n) is 20.7. The number of primary amides is 1. The maximum Gasteiger partial charge on any atom is 0.408 e. The molecule has 0 aliphatic heterocycles. The Morgan fingerprint density at radius 2 is 1.68 bits per heavy atom. The minimum absolute atomic E-state index is 0.127. The van der Waals surface area contributed by atoms with Crippen molar-refractivity contribution in [1.82, 2.24) is 15.5 Å².